The van der Waals surface area contributed by atoms with Crippen molar-refractivity contribution < 1.29 is 18.7 Å². The Morgan fingerprint density at radius 3 is 2.56 bits per heavy atom. The molecule has 1 N–H and O–H groups in total. The van der Waals surface area contributed by atoms with Crippen LogP contribution in [0.25, 0.3) is 0 Å². The Hall–Kier alpha value is -3.50. The average molecular weight is 452 g/mol. The summed E-state index contributed by atoms with van der Waals surface area (Å²) in [7, 11) is 0. The fourth-order valence-corrected chi connectivity index (χ4v) is 3.95. The van der Waals surface area contributed by atoms with Crippen LogP contribution in [0.3, 0.4) is 0 Å². The van der Waals surface area contributed by atoms with Crippen molar-refractivity contribution in [2.45, 2.75) is 38.6 Å². The minimum absolute atomic E-state index is 0.358. The zero-order valence-electron chi connectivity index (χ0n) is 17.8. The van der Waals surface area contributed by atoms with Crippen molar-refractivity contribution in [2.75, 3.05) is 11.9 Å². The van der Waals surface area contributed by atoms with Crippen LogP contribution in [0.2, 0.25) is 5.02 Å². The van der Waals surface area contributed by atoms with Gasteiger partial charge < -0.3 is 19.0 Å². The molecule has 0 spiro atoms. The number of aromatic nitrogens is 1. The molecule has 0 saturated heterocycles. The lowest BCUT2D eigenvalue weighted by Gasteiger charge is -2.16. The van der Waals surface area contributed by atoms with Crippen LogP contribution in [-0.2, 0) is 26.3 Å². The molecular formula is C24H22ClN3O4. The van der Waals surface area contributed by atoms with Crippen molar-refractivity contribution >= 4 is 29.3 Å². The van der Waals surface area contributed by atoms with Gasteiger partial charge in [0.25, 0.3) is 5.91 Å². The van der Waals surface area contributed by atoms with Crippen LogP contribution in [0.4, 0.5) is 5.82 Å². The molecule has 164 valence electrons. The van der Waals surface area contributed by atoms with Crippen molar-refractivity contribution in [3.8, 4) is 6.07 Å². The van der Waals surface area contributed by atoms with E-state index in [9.17, 15) is 14.9 Å². The topological polar surface area (TPSA) is 97.3 Å². The summed E-state index contributed by atoms with van der Waals surface area (Å²) in [6.45, 7) is 3.61. The minimum atomic E-state index is -0.713. The van der Waals surface area contributed by atoms with Gasteiger partial charge in [0.1, 0.15) is 17.6 Å². The van der Waals surface area contributed by atoms with Crippen LogP contribution < -0.4 is 5.32 Å². The van der Waals surface area contributed by atoms with E-state index >= 15 is 0 Å². The Kier molecular flexibility index (Phi) is 5.81. The SMILES string of the molecule is Cc1c(C#N)c(NC(=O)COC(=O)C2(c3ccc(Cl)cc3)CC2)n(Cc2ccco2)c1C. The van der Waals surface area contributed by atoms with Gasteiger partial charge in [-0.15, -0.1) is 0 Å². The maximum atomic E-state index is 12.7. The molecule has 3 aromatic rings. The second-order valence-electron chi connectivity index (χ2n) is 7.92. The van der Waals surface area contributed by atoms with E-state index in [0.717, 1.165) is 16.8 Å². The number of ether oxygens (including phenoxy) is 1. The highest BCUT2D eigenvalue weighted by Gasteiger charge is 2.52. The second kappa shape index (κ2) is 8.56. The first kappa shape index (κ1) is 21.7. The number of benzene rings is 1. The number of anilines is 1. The molecule has 1 fully saturated rings. The zero-order valence-corrected chi connectivity index (χ0v) is 18.5. The van der Waals surface area contributed by atoms with Gasteiger partial charge in [0.05, 0.1) is 23.8 Å². The Morgan fingerprint density at radius 2 is 1.97 bits per heavy atom. The van der Waals surface area contributed by atoms with E-state index in [4.69, 9.17) is 20.8 Å². The fraction of sp³-hybridized carbons (Fsp3) is 0.292. The predicted octanol–water partition coefficient (Wildman–Crippen LogP) is 4.48. The van der Waals surface area contributed by atoms with E-state index in [-0.39, 0.29) is 0 Å². The number of nitriles is 1. The normalized spacial score (nSPS) is 13.9. The molecule has 1 saturated carbocycles. The molecule has 2 aromatic heterocycles. The first-order chi connectivity index (χ1) is 15.4. The Labute approximate surface area is 190 Å². The summed E-state index contributed by atoms with van der Waals surface area (Å²) in [5.41, 5.74) is 2.09. The van der Waals surface area contributed by atoms with Crippen LogP contribution in [0.15, 0.2) is 47.1 Å². The molecule has 2 heterocycles. The van der Waals surface area contributed by atoms with Crippen LogP contribution in [0.1, 0.15) is 41.0 Å². The Morgan fingerprint density at radius 1 is 1.25 bits per heavy atom. The van der Waals surface area contributed by atoms with Gasteiger partial charge in [-0.25, -0.2) is 0 Å². The minimum Gasteiger partial charge on any atom is -0.467 e. The number of nitrogens with zero attached hydrogens (tertiary/aromatic N) is 2. The number of rotatable bonds is 7. The number of furan rings is 1. The van der Waals surface area contributed by atoms with Crippen molar-refractivity contribution in [1.82, 2.24) is 4.57 Å². The largest absolute Gasteiger partial charge is 0.467 e. The summed E-state index contributed by atoms with van der Waals surface area (Å²) in [5.74, 6) is 0.0979. The van der Waals surface area contributed by atoms with E-state index in [2.05, 4.69) is 11.4 Å². The van der Waals surface area contributed by atoms with Crippen LogP contribution in [0, 0.1) is 25.2 Å². The summed E-state index contributed by atoms with van der Waals surface area (Å²) in [6.07, 6.45) is 2.90. The number of halogens is 1. The lowest BCUT2D eigenvalue weighted by Crippen LogP contribution is -2.28. The van der Waals surface area contributed by atoms with E-state index in [1.165, 1.54) is 0 Å². The average Bonchev–Trinajstić information content (AvgIpc) is 3.37. The van der Waals surface area contributed by atoms with Gasteiger partial charge in [0.15, 0.2) is 6.61 Å². The highest BCUT2D eigenvalue weighted by molar-refractivity contribution is 6.30. The highest BCUT2D eigenvalue weighted by atomic mass is 35.5. The first-order valence-corrected chi connectivity index (χ1v) is 10.6. The van der Waals surface area contributed by atoms with E-state index in [1.807, 2.05) is 36.6 Å². The van der Waals surface area contributed by atoms with Crippen molar-refractivity contribution in [3.63, 3.8) is 0 Å². The summed E-state index contributed by atoms with van der Waals surface area (Å²) in [4.78, 5) is 25.4. The second-order valence-corrected chi connectivity index (χ2v) is 8.36. The van der Waals surface area contributed by atoms with Gasteiger partial charge >= 0.3 is 5.97 Å². The molecule has 8 heteroatoms. The maximum absolute atomic E-state index is 12.7. The third kappa shape index (κ3) is 4.02. The van der Waals surface area contributed by atoms with Gasteiger partial charge in [-0.1, -0.05) is 23.7 Å². The number of amides is 1. The molecule has 0 unspecified atom stereocenters. The summed E-state index contributed by atoms with van der Waals surface area (Å²) in [5, 5.41) is 13.0. The van der Waals surface area contributed by atoms with Crippen LogP contribution >= 0.6 is 11.6 Å². The third-order valence-corrected chi connectivity index (χ3v) is 6.22. The molecule has 1 aromatic carbocycles. The van der Waals surface area contributed by atoms with Crippen molar-refractivity contribution in [2.24, 2.45) is 0 Å². The summed E-state index contributed by atoms with van der Waals surface area (Å²) in [6, 6.07) is 12.8. The van der Waals surface area contributed by atoms with Crippen molar-refractivity contribution in [1.29, 1.82) is 5.26 Å². The lowest BCUT2D eigenvalue weighted by atomic mass is 9.96. The first-order valence-electron chi connectivity index (χ1n) is 10.2. The maximum Gasteiger partial charge on any atom is 0.317 e. The molecule has 4 rings (SSSR count). The number of carbonyl (C=O) groups excluding carboxylic acids is 2. The van der Waals surface area contributed by atoms with Gasteiger partial charge in [0, 0.05) is 10.7 Å². The molecule has 0 radical (unpaired) electrons. The third-order valence-electron chi connectivity index (χ3n) is 5.96. The molecular weight excluding hydrogens is 430 g/mol. The van der Waals surface area contributed by atoms with Gasteiger partial charge in [-0.2, -0.15) is 5.26 Å². The highest BCUT2D eigenvalue weighted by Crippen LogP contribution is 2.49. The van der Waals surface area contributed by atoms with Gasteiger partial charge in [0.2, 0.25) is 0 Å². The standard InChI is InChI=1S/C24H22ClN3O4/c1-15-16(2)28(13-19-4-3-11-31-19)22(20(15)12-26)27-21(29)14-32-23(30)24(9-10-24)17-5-7-18(25)8-6-17/h3-8,11H,9-10,13-14H2,1-2H3,(H,27,29). The molecule has 0 aliphatic heterocycles. The number of hydrogen-bond acceptors (Lipinski definition) is 5. The molecule has 0 atom stereocenters. The van der Waals surface area contributed by atoms with Gasteiger partial charge in [-0.05, 0) is 62.1 Å². The van der Waals surface area contributed by atoms with Gasteiger partial charge in [-0.3, -0.25) is 9.59 Å². The summed E-state index contributed by atoms with van der Waals surface area (Å²) < 4.78 is 12.6. The number of esters is 1. The molecule has 7 nitrogen and oxygen atoms in total. The lowest BCUT2D eigenvalue weighted by molar-refractivity contribution is -0.150. The Balaban J connectivity index is 1.46. The molecule has 0 bridgehead atoms. The van der Waals surface area contributed by atoms with E-state index in [1.54, 1.807) is 24.5 Å². The predicted molar refractivity (Wildman–Crippen MR) is 118 cm³/mol. The van der Waals surface area contributed by atoms with E-state index in [0.29, 0.717) is 41.6 Å². The zero-order chi connectivity index (χ0) is 22.9. The monoisotopic (exact) mass is 451 g/mol. The fourth-order valence-electron chi connectivity index (χ4n) is 3.83. The number of hydrogen-bond donors (Lipinski definition) is 1. The summed E-state index contributed by atoms with van der Waals surface area (Å²) >= 11 is 5.94. The molecule has 32 heavy (non-hydrogen) atoms. The van der Waals surface area contributed by atoms with E-state index < -0.39 is 23.9 Å². The smallest absolute Gasteiger partial charge is 0.317 e. The van der Waals surface area contributed by atoms with Crippen LogP contribution in [-0.4, -0.2) is 23.1 Å². The number of carbonyl (C=O) groups is 2. The van der Waals surface area contributed by atoms with Crippen LogP contribution in [0.5, 0.6) is 0 Å². The quantitative estimate of drug-likeness (QED) is 0.534. The van der Waals surface area contributed by atoms with Crippen molar-refractivity contribution in [3.05, 3.63) is 75.8 Å². The molecule has 1 aliphatic carbocycles. The molecule has 1 amide bonds. The number of nitrogens with one attached hydrogen (secondary N) is 1. The Bertz CT molecular complexity index is 1200. The molecule has 1 aliphatic rings.